The molecule has 1 aliphatic heterocycles. The van der Waals surface area contributed by atoms with E-state index in [9.17, 15) is 0 Å². The summed E-state index contributed by atoms with van der Waals surface area (Å²) >= 11 is 0. The summed E-state index contributed by atoms with van der Waals surface area (Å²) in [5, 5.41) is 10.6. The Bertz CT molecular complexity index is 223. The Labute approximate surface area is 87.8 Å². The highest BCUT2D eigenvalue weighted by Gasteiger charge is 1.92. The minimum Gasteiger partial charge on any atom is -0.481 e. The number of carboxylic acid groups (broad SMARTS) is 1. The first-order chi connectivity index (χ1) is 6.73. The van der Waals surface area contributed by atoms with Crippen molar-refractivity contribution in [3.63, 3.8) is 0 Å². The zero-order valence-corrected chi connectivity index (χ0v) is 9.03. The van der Waals surface area contributed by atoms with Crippen LogP contribution in [0.4, 0.5) is 0 Å². The van der Waals surface area contributed by atoms with Gasteiger partial charge in [0, 0.05) is 20.0 Å². The molecule has 1 fully saturated rings. The molecule has 0 radical (unpaired) electrons. The average molecular weight is 245 g/mol. The largest absolute Gasteiger partial charge is 0.481 e. The summed E-state index contributed by atoms with van der Waals surface area (Å²) < 4.78 is 36.6. The Morgan fingerprint density at radius 2 is 1.53 bits per heavy atom. The third-order valence-corrected chi connectivity index (χ3v) is 0.846. The van der Waals surface area contributed by atoms with E-state index < -0.39 is 16.4 Å². The number of carbonyl (C=O) groups is 1. The van der Waals surface area contributed by atoms with Crippen LogP contribution in [-0.2, 0) is 19.9 Å². The predicted octanol–water partition coefficient (Wildman–Crippen LogP) is -0.956. The van der Waals surface area contributed by atoms with E-state index in [4.69, 9.17) is 32.2 Å². The van der Waals surface area contributed by atoms with Gasteiger partial charge in [0.15, 0.2) is 0 Å². The van der Waals surface area contributed by atoms with Gasteiger partial charge in [-0.05, 0) is 0 Å². The van der Waals surface area contributed by atoms with Crippen LogP contribution >= 0.6 is 0 Å². The first kappa shape index (κ1) is 16.7. The third kappa shape index (κ3) is 60.8. The van der Waals surface area contributed by atoms with Gasteiger partial charge in [0.1, 0.15) is 0 Å². The van der Waals surface area contributed by atoms with E-state index in [1.165, 1.54) is 0 Å². The van der Waals surface area contributed by atoms with Crippen molar-refractivity contribution < 1.29 is 32.2 Å². The van der Waals surface area contributed by atoms with Crippen molar-refractivity contribution in [2.24, 2.45) is 0 Å². The maximum absolute atomic E-state index is 9.00. The molecule has 0 aromatic rings. The van der Waals surface area contributed by atoms with Crippen LogP contribution in [0.5, 0.6) is 0 Å². The SMILES string of the molecule is C1COCCN1.CC(=O)O.O=S(=O)(O)O. The molecule has 4 N–H and O–H groups in total. The van der Waals surface area contributed by atoms with Crippen LogP contribution in [-0.4, -0.2) is 54.9 Å². The second kappa shape index (κ2) is 9.80. The van der Waals surface area contributed by atoms with Gasteiger partial charge in [-0.1, -0.05) is 0 Å². The average Bonchev–Trinajstić information content (AvgIpc) is 2.03. The maximum atomic E-state index is 9.00. The maximum Gasteiger partial charge on any atom is 0.394 e. The summed E-state index contributed by atoms with van der Waals surface area (Å²) in [5.41, 5.74) is 0. The minimum atomic E-state index is -4.67. The fourth-order valence-electron chi connectivity index (χ4n) is 0.516. The van der Waals surface area contributed by atoms with Crippen LogP contribution in [0.15, 0.2) is 0 Å². The lowest BCUT2D eigenvalue weighted by Gasteiger charge is -2.10. The summed E-state index contributed by atoms with van der Waals surface area (Å²) in [7, 11) is -4.67. The fraction of sp³-hybridized carbons (Fsp3) is 0.833. The molecule has 0 aromatic carbocycles. The van der Waals surface area contributed by atoms with Gasteiger partial charge in [0.2, 0.25) is 0 Å². The number of ether oxygens (including phenoxy) is 1. The van der Waals surface area contributed by atoms with Gasteiger partial charge in [-0.3, -0.25) is 13.9 Å². The molecule has 0 unspecified atom stereocenters. The van der Waals surface area contributed by atoms with Gasteiger partial charge in [0.05, 0.1) is 13.2 Å². The van der Waals surface area contributed by atoms with E-state index >= 15 is 0 Å². The van der Waals surface area contributed by atoms with E-state index in [0.717, 1.165) is 33.2 Å². The van der Waals surface area contributed by atoms with Crippen LogP contribution in [0.1, 0.15) is 6.92 Å². The molecular weight excluding hydrogens is 230 g/mol. The Morgan fingerprint density at radius 3 is 1.60 bits per heavy atom. The van der Waals surface area contributed by atoms with E-state index in [-0.39, 0.29) is 0 Å². The minimum absolute atomic E-state index is 0.833. The molecule has 1 aliphatic rings. The van der Waals surface area contributed by atoms with Crippen molar-refractivity contribution >= 4 is 16.4 Å². The summed E-state index contributed by atoms with van der Waals surface area (Å²) in [4.78, 5) is 9.00. The Balaban J connectivity index is 0. The number of hydrogen-bond acceptors (Lipinski definition) is 5. The zero-order chi connectivity index (χ0) is 12.3. The lowest BCUT2D eigenvalue weighted by molar-refractivity contribution is -0.134. The van der Waals surface area contributed by atoms with Gasteiger partial charge in [-0.15, -0.1) is 0 Å². The van der Waals surface area contributed by atoms with Gasteiger partial charge in [-0.25, -0.2) is 0 Å². The Hall–Kier alpha value is -0.740. The van der Waals surface area contributed by atoms with E-state index in [2.05, 4.69) is 5.32 Å². The van der Waals surface area contributed by atoms with Crippen LogP contribution < -0.4 is 5.32 Å². The van der Waals surface area contributed by atoms with Gasteiger partial charge >= 0.3 is 10.4 Å². The highest BCUT2D eigenvalue weighted by atomic mass is 32.3. The molecule has 0 saturated carbocycles. The lowest BCUT2D eigenvalue weighted by atomic mass is 10.5. The normalized spacial score (nSPS) is 15.1. The van der Waals surface area contributed by atoms with Crippen molar-refractivity contribution in [2.45, 2.75) is 6.92 Å². The topological polar surface area (TPSA) is 133 Å². The van der Waals surface area contributed by atoms with Crippen LogP contribution in [0, 0.1) is 0 Å². The van der Waals surface area contributed by atoms with Crippen molar-refractivity contribution in [2.75, 3.05) is 26.3 Å². The number of carboxylic acids is 1. The molecule has 0 atom stereocenters. The molecule has 0 aliphatic carbocycles. The van der Waals surface area contributed by atoms with E-state index in [0.29, 0.717) is 0 Å². The summed E-state index contributed by atoms with van der Waals surface area (Å²) in [6.45, 7) is 4.92. The number of rotatable bonds is 0. The second-order valence-corrected chi connectivity index (χ2v) is 3.22. The molecule has 15 heavy (non-hydrogen) atoms. The van der Waals surface area contributed by atoms with Crippen LogP contribution in [0.3, 0.4) is 0 Å². The van der Waals surface area contributed by atoms with Crippen molar-refractivity contribution in [3.8, 4) is 0 Å². The molecule has 0 bridgehead atoms. The Morgan fingerprint density at radius 1 is 1.27 bits per heavy atom. The number of nitrogens with one attached hydrogen (secondary N) is 1. The van der Waals surface area contributed by atoms with Gasteiger partial charge in [-0.2, -0.15) is 8.42 Å². The zero-order valence-electron chi connectivity index (χ0n) is 8.21. The molecule has 0 spiro atoms. The van der Waals surface area contributed by atoms with E-state index in [1.54, 1.807) is 0 Å². The molecule has 1 heterocycles. The first-order valence-electron chi connectivity index (χ1n) is 3.91. The quantitative estimate of drug-likeness (QED) is 0.401. The molecule has 92 valence electrons. The van der Waals surface area contributed by atoms with Crippen molar-refractivity contribution in [3.05, 3.63) is 0 Å². The van der Waals surface area contributed by atoms with Gasteiger partial charge in [0.25, 0.3) is 5.97 Å². The summed E-state index contributed by atoms with van der Waals surface area (Å²) in [5.74, 6) is -0.833. The molecule has 1 saturated heterocycles. The molecule has 8 nitrogen and oxygen atoms in total. The first-order valence-corrected chi connectivity index (χ1v) is 5.31. The molecule has 1 rings (SSSR count). The third-order valence-electron chi connectivity index (χ3n) is 0.846. The van der Waals surface area contributed by atoms with Crippen LogP contribution in [0.2, 0.25) is 0 Å². The van der Waals surface area contributed by atoms with Crippen molar-refractivity contribution in [1.82, 2.24) is 5.32 Å². The fourth-order valence-corrected chi connectivity index (χ4v) is 0.516. The predicted molar refractivity (Wildman–Crippen MR) is 51.2 cm³/mol. The molecule has 0 amide bonds. The number of morpholine rings is 1. The van der Waals surface area contributed by atoms with Gasteiger partial charge < -0.3 is 15.2 Å². The summed E-state index contributed by atoms with van der Waals surface area (Å²) in [6, 6.07) is 0. The molecule has 0 aromatic heterocycles. The second-order valence-electron chi connectivity index (χ2n) is 2.33. The number of aliphatic carboxylic acids is 1. The highest BCUT2D eigenvalue weighted by molar-refractivity contribution is 7.79. The monoisotopic (exact) mass is 245 g/mol. The van der Waals surface area contributed by atoms with Crippen molar-refractivity contribution in [1.29, 1.82) is 0 Å². The van der Waals surface area contributed by atoms with Crippen LogP contribution in [0.25, 0.3) is 0 Å². The Kier molecular flexibility index (Phi) is 10.9. The number of hydrogen-bond donors (Lipinski definition) is 4. The smallest absolute Gasteiger partial charge is 0.394 e. The molecular formula is C6H15NO7S. The highest BCUT2D eigenvalue weighted by Crippen LogP contribution is 1.76. The molecule has 9 heteroatoms. The summed E-state index contributed by atoms with van der Waals surface area (Å²) in [6.07, 6.45) is 0. The standard InChI is InChI=1S/C4H9NO.C2H4O2.H2O4S/c1-3-6-4-2-5-1;1-2(3)4;1-5(2,3)4/h5H,1-4H2;1H3,(H,3,4);(H2,1,2,3,4). The van der Waals surface area contributed by atoms with E-state index in [1.807, 2.05) is 0 Å². The lowest BCUT2D eigenvalue weighted by Crippen LogP contribution is -2.30.